The maximum Gasteiger partial charge on any atom is 0.223 e. The first-order valence-corrected chi connectivity index (χ1v) is 8.01. The first-order valence-electron chi connectivity index (χ1n) is 8.01. The van der Waals surface area contributed by atoms with Crippen molar-refractivity contribution >= 4 is 5.95 Å². The first kappa shape index (κ1) is 17.0. The summed E-state index contributed by atoms with van der Waals surface area (Å²) in [7, 11) is 4.04. The molecule has 3 aromatic heterocycles. The van der Waals surface area contributed by atoms with Crippen molar-refractivity contribution in [3.05, 3.63) is 36.0 Å². The van der Waals surface area contributed by atoms with E-state index >= 15 is 0 Å². The minimum atomic E-state index is 0.541. The fourth-order valence-electron chi connectivity index (χ4n) is 2.24. The zero-order chi connectivity index (χ0) is 17.8. The molecule has 3 heterocycles. The van der Waals surface area contributed by atoms with Gasteiger partial charge in [0.25, 0.3) is 0 Å². The number of hydrogen-bond donors (Lipinski definition) is 1. The second-order valence-corrected chi connectivity index (χ2v) is 6.06. The Morgan fingerprint density at radius 2 is 1.88 bits per heavy atom. The van der Waals surface area contributed by atoms with Crippen molar-refractivity contribution in [1.82, 2.24) is 30.0 Å². The summed E-state index contributed by atoms with van der Waals surface area (Å²) in [5.74, 6) is 1.15. The molecular formula is C17H21N7O. The van der Waals surface area contributed by atoms with E-state index in [4.69, 9.17) is 4.52 Å². The molecule has 0 radical (unpaired) electrons. The van der Waals surface area contributed by atoms with E-state index in [1.54, 1.807) is 18.6 Å². The van der Waals surface area contributed by atoms with Crippen molar-refractivity contribution in [2.75, 3.05) is 32.5 Å². The number of likely N-dealkylation sites (N-methyl/N-ethyl adjacent to an activating group) is 1. The van der Waals surface area contributed by atoms with Gasteiger partial charge in [-0.25, -0.2) is 9.97 Å². The lowest BCUT2D eigenvalue weighted by atomic mass is 10.1. The molecule has 130 valence electrons. The van der Waals surface area contributed by atoms with Crippen molar-refractivity contribution in [2.45, 2.75) is 13.8 Å². The molecule has 0 spiro atoms. The molecule has 8 heteroatoms. The summed E-state index contributed by atoms with van der Waals surface area (Å²) in [6.45, 7) is 5.39. The van der Waals surface area contributed by atoms with E-state index in [9.17, 15) is 0 Å². The molecule has 0 amide bonds. The maximum atomic E-state index is 5.38. The molecule has 0 aliphatic heterocycles. The van der Waals surface area contributed by atoms with Gasteiger partial charge < -0.3 is 14.7 Å². The summed E-state index contributed by atoms with van der Waals surface area (Å²) < 4.78 is 5.38. The zero-order valence-corrected chi connectivity index (χ0v) is 14.8. The number of nitrogens with zero attached hydrogens (tertiary/aromatic N) is 6. The van der Waals surface area contributed by atoms with Crippen LogP contribution in [0.1, 0.15) is 11.4 Å². The van der Waals surface area contributed by atoms with E-state index < -0.39 is 0 Å². The van der Waals surface area contributed by atoms with E-state index in [0.29, 0.717) is 23.1 Å². The maximum absolute atomic E-state index is 5.38. The van der Waals surface area contributed by atoms with Crippen LogP contribution in [0.25, 0.3) is 22.7 Å². The molecule has 0 atom stereocenters. The average Bonchev–Trinajstić information content (AvgIpc) is 3.01. The lowest BCUT2D eigenvalue weighted by molar-refractivity contribution is 0.424. The van der Waals surface area contributed by atoms with Crippen molar-refractivity contribution in [3.63, 3.8) is 0 Å². The van der Waals surface area contributed by atoms with Gasteiger partial charge in [-0.3, -0.25) is 9.97 Å². The third kappa shape index (κ3) is 4.16. The molecule has 0 unspecified atom stereocenters. The van der Waals surface area contributed by atoms with Crippen molar-refractivity contribution in [3.8, 4) is 22.7 Å². The largest absolute Gasteiger partial charge is 0.356 e. The molecule has 3 rings (SSSR count). The summed E-state index contributed by atoms with van der Waals surface area (Å²) in [6.07, 6.45) is 5.14. The Hall–Kier alpha value is -2.87. The smallest absolute Gasteiger partial charge is 0.223 e. The predicted molar refractivity (Wildman–Crippen MR) is 95.1 cm³/mol. The number of nitrogens with one attached hydrogen (secondary N) is 1. The Labute approximate surface area is 146 Å². The van der Waals surface area contributed by atoms with E-state index in [2.05, 4.69) is 35.3 Å². The highest BCUT2D eigenvalue weighted by Crippen LogP contribution is 2.29. The van der Waals surface area contributed by atoms with Crippen LogP contribution >= 0.6 is 0 Å². The number of aryl methyl sites for hydroxylation is 2. The van der Waals surface area contributed by atoms with Gasteiger partial charge in [0.2, 0.25) is 5.95 Å². The van der Waals surface area contributed by atoms with Crippen LogP contribution in [0.5, 0.6) is 0 Å². The van der Waals surface area contributed by atoms with Crippen LogP contribution in [0.4, 0.5) is 5.95 Å². The Balaban J connectivity index is 1.98. The third-order valence-corrected chi connectivity index (χ3v) is 3.55. The standard InChI is InChI=1S/C17H21N7O/c1-11-7-15(25-23-11)13-9-21-17(18-5-6-24(3)4)22-16(13)14-10-19-12(2)8-20-14/h7-10H,5-6H2,1-4H3,(H,18,21,22). The summed E-state index contributed by atoms with van der Waals surface area (Å²) in [5.41, 5.74) is 3.69. The Bertz CT molecular complexity index is 842. The van der Waals surface area contributed by atoms with Crippen LogP contribution in [0.3, 0.4) is 0 Å². The quantitative estimate of drug-likeness (QED) is 0.730. The molecule has 8 nitrogen and oxygen atoms in total. The van der Waals surface area contributed by atoms with Crippen LogP contribution in [-0.2, 0) is 0 Å². The lowest BCUT2D eigenvalue weighted by Crippen LogP contribution is -2.21. The summed E-state index contributed by atoms with van der Waals surface area (Å²) in [5, 5.41) is 7.17. The van der Waals surface area contributed by atoms with Gasteiger partial charge in [-0.2, -0.15) is 0 Å². The Morgan fingerprint density at radius 3 is 2.52 bits per heavy atom. The third-order valence-electron chi connectivity index (χ3n) is 3.55. The second kappa shape index (κ2) is 7.35. The molecule has 3 aromatic rings. The van der Waals surface area contributed by atoms with Gasteiger partial charge in [-0.15, -0.1) is 0 Å². The van der Waals surface area contributed by atoms with Crippen LogP contribution in [0.15, 0.2) is 29.2 Å². The molecule has 0 aromatic carbocycles. The highest BCUT2D eigenvalue weighted by molar-refractivity contribution is 5.76. The Morgan fingerprint density at radius 1 is 1.04 bits per heavy atom. The fraction of sp³-hybridized carbons (Fsp3) is 0.353. The lowest BCUT2D eigenvalue weighted by Gasteiger charge is -2.12. The Kier molecular flexibility index (Phi) is 4.99. The van der Waals surface area contributed by atoms with Crippen molar-refractivity contribution in [2.24, 2.45) is 0 Å². The molecule has 1 N–H and O–H groups in total. The number of aromatic nitrogens is 5. The van der Waals surface area contributed by atoms with Gasteiger partial charge >= 0.3 is 0 Å². The van der Waals surface area contributed by atoms with Gasteiger partial charge in [-0.1, -0.05) is 5.16 Å². The van der Waals surface area contributed by atoms with E-state index in [-0.39, 0.29) is 0 Å². The number of rotatable bonds is 6. The molecule has 0 saturated carbocycles. The summed E-state index contributed by atoms with van der Waals surface area (Å²) >= 11 is 0. The van der Waals surface area contributed by atoms with Gasteiger partial charge in [0, 0.05) is 31.5 Å². The van der Waals surface area contributed by atoms with Gasteiger partial charge in [0.1, 0.15) is 11.4 Å². The molecule has 0 saturated heterocycles. The normalized spacial score (nSPS) is 11.1. The summed E-state index contributed by atoms with van der Waals surface area (Å²) in [6, 6.07) is 1.85. The SMILES string of the molecule is Cc1cnc(-c2nc(NCCN(C)C)ncc2-c2cc(C)no2)cn1. The predicted octanol–water partition coefficient (Wildman–Crippen LogP) is 2.18. The number of anilines is 1. The zero-order valence-electron chi connectivity index (χ0n) is 14.8. The van der Waals surface area contributed by atoms with Crippen LogP contribution in [0, 0.1) is 13.8 Å². The summed E-state index contributed by atoms with van der Waals surface area (Å²) in [4.78, 5) is 19.9. The highest BCUT2D eigenvalue weighted by atomic mass is 16.5. The van der Waals surface area contributed by atoms with Crippen LogP contribution < -0.4 is 5.32 Å². The molecular weight excluding hydrogens is 318 g/mol. The molecule has 0 aliphatic rings. The fourth-order valence-corrected chi connectivity index (χ4v) is 2.24. The average molecular weight is 339 g/mol. The van der Waals surface area contributed by atoms with Gasteiger partial charge in [0.05, 0.1) is 23.1 Å². The topological polar surface area (TPSA) is 92.9 Å². The van der Waals surface area contributed by atoms with Crippen LogP contribution in [0.2, 0.25) is 0 Å². The van der Waals surface area contributed by atoms with Gasteiger partial charge in [0.15, 0.2) is 5.76 Å². The molecule has 25 heavy (non-hydrogen) atoms. The van der Waals surface area contributed by atoms with Crippen LogP contribution in [-0.4, -0.2) is 57.2 Å². The van der Waals surface area contributed by atoms with E-state index in [1.807, 2.05) is 34.0 Å². The van der Waals surface area contributed by atoms with Crippen molar-refractivity contribution in [1.29, 1.82) is 0 Å². The van der Waals surface area contributed by atoms with Gasteiger partial charge in [-0.05, 0) is 27.9 Å². The van der Waals surface area contributed by atoms with E-state index in [1.165, 1.54) is 0 Å². The monoisotopic (exact) mass is 339 g/mol. The minimum absolute atomic E-state index is 0.541. The second-order valence-electron chi connectivity index (χ2n) is 6.06. The highest BCUT2D eigenvalue weighted by Gasteiger charge is 2.16. The molecule has 0 aliphatic carbocycles. The van der Waals surface area contributed by atoms with E-state index in [0.717, 1.165) is 30.0 Å². The number of hydrogen-bond acceptors (Lipinski definition) is 8. The molecule has 0 bridgehead atoms. The van der Waals surface area contributed by atoms with Crippen molar-refractivity contribution < 1.29 is 4.52 Å². The molecule has 0 fully saturated rings. The first-order chi connectivity index (χ1) is 12.0. The minimum Gasteiger partial charge on any atom is -0.356 e.